The van der Waals surface area contributed by atoms with E-state index >= 15 is 0 Å². The lowest BCUT2D eigenvalue weighted by molar-refractivity contribution is -0.137. The summed E-state index contributed by atoms with van der Waals surface area (Å²) in [5.41, 5.74) is 2.10. The SMILES string of the molecule is CCN1CCN(C2=NC3C(C(=O)N(Cc4ccc(C)cc4)C(=O)N3C)N2C)CC1. The number of piperazine rings is 1. The molecule has 8 heteroatoms. The van der Waals surface area contributed by atoms with Crippen molar-refractivity contribution in [3.63, 3.8) is 0 Å². The Balaban J connectivity index is 1.53. The molecule has 8 nitrogen and oxygen atoms in total. The highest BCUT2D eigenvalue weighted by atomic mass is 16.2. The van der Waals surface area contributed by atoms with Crippen LogP contribution in [0.3, 0.4) is 0 Å². The minimum absolute atomic E-state index is 0.174. The summed E-state index contributed by atoms with van der Waals surface area (Å²) >= 11 is 0. The van der Waals surface area contributed by atoms with E-state index in [0.717, 1.165) is 49.8 Å². The third kappa shape index (κ3) is 3.46. The Bertz CT molecular complexity index is 815. The van der Waals surface area contributed by atoms with Crippen LogP contribution in [-0.2, 0) is 11.3 Å². The van der Waals surface area contributed by atoms with Crippen LogP contribution in [0.15, 0.2) is 29.3 Å². The van der Waals surface area contributed by atoms with Gasteiger partial charge in [-0.2, -0.15) is 0 Å². The summed E-state index contributed by atoms with van der Waals surface area (Å²) in [5.74, 6) is 0.646. The van der Waals surface area contributed by atoms with Gasteiger partial charge in [-0.05, 0) is 19.0 Å². The van der Waals surface area contributed by atoms with Crippen molar-refractivity contribution in [2.24, 2.45) is 4.99 Å². The van der Waals surface area contributed by atoms with Crippen molar-refractivity contribution in [3.05, 3.63) is 35.4 Å². The smallest absolute Gasteiger partial charge is 0.328 e. The number of likely N-dealkylation sites (N-methyl/N-ethyl adjacent to an activating group) is 3. The van der Waals surface area contributed by atoms with Gasteiger partial charge in [0.25, 0.3) is 5.91 Å². The topological polar surface area (TPSA) is 62.7 Å². The zero-order chi connectivity index (χ0) is 20.7. The van der Waals surface area contributed by atoms with Crippen molar-refractivity contribution >= 4 is 17.9 Å². The first-order chi connectivity index (χ1) is 13.9. The maximum Gasteiger partial charge on any atom is 0.328 e. The Morgan fingerprint density at radius 1 is 1.00 bits per heavy atom. The fourth-order valence-electron chi connectivity index (χ4n) is 4.34. The second kappa shape index (κ2) is 7.67. The Kier molecular flexibility index (Phi) is 5.21. The molecule has 1 aromatic rings. The third-order valence-electron chi connectivity index (χ3n) is 6.27. The molecule has 0 N–H and O–H groups in total. The van der Waals surface area contributed by atoms with Gasteiger partial charge in [0.15, 0.2) is 18.2 Å². The molecule has 1 aromatic carbocycles. The van der Waals surface area contributed by atoms with Crippen molar-refractivity contribution in [1.29, 1.82) is 0 Å². The third-order valence-corrected chi connectivity index (χ3v) is 6.27. The number of carbonyl (C=O) groups is 2. The summed E-state index contributed by atoms with van der Waals surface area (Å²) in [5, 5.41) is 0. The average Bonchev–Trinajstić information content (AvgIpc) is 3.08. The predicted octanol–water partition coefficient (Wildman–Crippen LogP) is 1.02. The van der Waals surface area contributed by atoms with Crippen molar-refractivity contribution < 1.29 is 9.59 Å². The molecular formula is C21H30N6O2. The molecule has 2 unspecified atom stereocenters. The molecule has 3 amide bonds. The predicted molar refractivity (Wildman–Crippen MR) is 111 cm³/mol. The lowest BCUT2D eigenvalue weighted by Crippen LogP contribution is -2.64. The highest BCUT2D eigenvalue weighted by Crippen LogP contribution is 2.29. The molecule has 3 aliphatic heterocycles. The standard InChI is InChI=1S/C21H30N6O2/c1-5-25-10-12-26(13-11-25)20-22-18-17(23(20)3)19(28)27(21(29)24(18)4)14-16-8-6-15(2)7-9-16/h6-9,17-18H,5,10-14H2,1-4H3. The van der Waals surface area contributed by atoms with Gasteiger partial charge in [0.2, 0.25) is 0 Å². The van der Waals surface area contributed by atoms with Crippen LogP contribution < -0.4 is 0 Å². The fourth-order valence-corrected chi connectivity index (χ4v) is 4.34. The Morgan fingerprint density at radius 3 is 2.28 bits per heavy atom. The highest BCUT2D eigenvalue weighted by molar-refractivity contribution is 6.03. The van der Waals surface area contributed by atoms with Crippen molar-refractivity contribution in [1.82, 2.24) is 24.5 Å². The van der Waals surface area contributed by atoms with Gasteiger partial charge in [-0.15, -0.1) is 0 Å². The van der Waals surface area contributed by atoms with E-state index in [4.69, 9.17) is 4.99 Å². The Morgan fingerprint density at radius 2 is 1.66 bits per heavy atom. The number of hydrogen-bond acceptors (Lipinski definition) is 6. The highest BCUT2D eigenvalue weighted by Gasteiger charge is 2.51. The van der Waals surface area contributed by atoms with E-state index in [2.05, 4.69) is 16.7 Å². The summed E-state index contributed by atoms with van der Waals surface area (Å²) < 4.78 is 0. The van der Waals surface area contributed by atoms with Crippen LogP contribution in [0.1, 0.15) is 18.1 Å². The molecule has 0 bridgehead atoms. The second-order valence-corrected chi connectivity index (χ2v) is 8.12. The number of benzene rings is 1. The van der Waals surface area contributed by atoms with Crippen LogP contribution in [-0.4, -0.2) is 101 Å². The first-order valence-corrected chi connectivity index (χ1v) is 10.3. The lowest BCUT2D eigenvalue weighted by atomic mass is 10.1. The van der Waals surface area contributed by atoms with Gasteiger partial charge in [-0.1, -0.05) is 36.8 Å². The number of hydrogen-bond donors (Lipinski definition) is 0. The minimum Gasteiger partial charge on any atom is -0.340 e. The summed E-state index contributed by atoms with van der Waals surface area (Å²) in [6.07, 6.45) is -0.464. The molecule has 2 atom stereocenters. The average molecular weight is 399 g/mol. The quantitative estimate of drug-likeness (QED) is 0.761. The molecule has 3 aliphatic rings. The maximum absolute atomic E-state index is 13.3. The van der Waals surface area contributed by atoms with Gasteiger partial charge in [0.1, 0.15) is 0 Å². The number of amides is 3. The normalized spacial score (nSPS) is 25.6. The number of carbonyl (C=O) groups excluding carboxylic acids is 2. The molecule has 4 rings (SSSR count). The molecule has 2 saturated heterocycles. The number of guanidine groups is 1. The van der Waals surface area contributed by atoms with Crippen LogP contribution in [0.25, 0.3) is 0 Å². The summed E-state index contributed by atoms with van der Waals surface area (Å²) in [4.78, 5) is 40.6. The monoisotopic (exact) mass is 398 g/mol. The van der Waals surface area contributed by atoms with Crippen molar-refractivity contribution in [2.45, 2.75) is 32.6 Å². The molecule has 0 spiro atoms. The molecule has 0 aliphatic carbocycles. The number of imide groups is 1. The van der Waals surface area contributed by atoms with Gasteiger partial charge in [-0.25, -0.2) is 9.79 Å². The maximum atomic E-state index is 13.3. The molecule has 0 radical (unpaired) electrons. The van der Waals surface area contributed by atoms with E-state index in [1.165, 1.54) is 4.90 Å². The lowest BCUT2D eigenvalue weighted by Gasteiger charge is -2.41. The van der Waals surface area contributed by atoms with Crippen LogP contribution in [0, 0.1) is 6.92 Å². The van der Waals surface area contributed by atoms with Gasteiger partial charge < -0.3 is 19.6 Å². The molecule has 2 fully saturated rings. The number of rotatable bonds is 3. The largest absolute Gasteiger partial charge is 0.340 e. The van der Waals surface area contributed by atoms with Gasteiger partial charge in [-0.3, -0.25) is 9.69 Å². The van der Waals surface area contributed by atoms with E-state index < -0.39 is 12.2 Å². The number of aliphatic imine (C=N–C) groups is 1. The number of aryl methyl sites for hydroxylation is 1. The molecule has 29 heavy (non-hydrogen) atoms. The van der Waals surface area contributed by atoms with E-state index in [-0.39, 0.29) is 18.5 Å². The number of urea groups is 1. The van der Waals surface area contributed by atoms with E-state index in [9.17, 15) is 9.59 Å². The molecule has 156 valence electrons. The van der Waals surface area contributed by atoms with E-state index in [0.29, 0.717) is 0 Å². The fraction of sp³-hybridized carbons (Fsp3) is 0.571. The summed E-state index contributed by atoms with van der Waals surface area (Å²) in [6, 6.07) is 7.18. The molecule has 0 saturated carbocycles. The Hall–Kier alpha value is -2.61. The first kappa shape index (κ1) is 19.7. The van der Waals surface area contributed by atoms with Crippen molar-refractivity contribution in [2.75, 3.05) is 46.8 Å². The number of nitrogens with zero attached hydrogens (tertiary/aromatic N) is 6. The zero-order valence-corrected chi connectivity index (χ0v) is 17.7. The van der Waals surface area contributed by atoms with Crippen LogP contribution in [0.2, 0.25) is 0 Å². The minimum atomic E-state index is -0.470. The number of fused-ring (bicyclic) bond motifs is 1. The zero-order valence-electron chi connectivity index (χ0n) is 17.7. The van der Waals surface area contributed by atoms with Crippen LogP contribution in [0.5, 0.6) is 0 Å². The molecule has 3 heterocycles. The van der Waals surface area contributed by atoms with E-state index in [1.807, 2.05) is 43.1 Å². The molecule has 0 aromatic heterocycles. The van der Waals surface area contributed by atoms with Gasteiger partial charge in [0, 0.05) is 40.3 Å². The van der Waals surface area contributed by atoms with Crippen LogP contribution >= 0.6 is 0 Å². The van der Waals surface area contributed by atoms with Crippen molar-refractivity contribution in [3.8, 4) is 0 Å². The summed E-state index contributed by atoms with van der Waals surface area (Å²) in [7, 11) is 3.66. The second-order valence-electron chi connectivity index (χ2n) is 8.12. The first-order valence-electron chi connectivity index (χ1n) is 10.3. The molecular weight excluding hydrogens is 368 g/mol. The Labute approximate surface area is 172 Å². The van der Waals surface area contributed by atoms with Crippen LogP contribution in [0.4, 0.5) is 4.79 Å². The van der Waals surface area contributed by atoms with E-state index in [1.54, 1.807) is 11.9 Å². The summed E-state index contributed by atoms with van der Waals surface area (Å²) in [6.45, 7) is 9.26. The van der Waals surface area contributed by atoms with Gasteiger partial charge >= 0.3 is 6.03 Å². The van der Waals surface area contributed by atoms with Gasteiger partial charge in [0.05, 0.1) is 6.54 Å².